The van der Waals surface area contributed by atoms with Gasteiger partial charge in [0.1, 0.15) is 5.82 Å². The van der Waals surface area contributed by atoms with E-state index in [-0.39, 0.29) is 17.8 Å². The van der Waals surface area contributed by atoms with E-state index < -0.39 is 0 Å². The summed E-state index contributed by atoms with van der Waals surface area (Å²) in [7, 11) is 0. The maximum atomic E-state index is 13.1. The van der Waals surface area contributed by atoms with Crippen molar-refractivity contribution in [1.29, 1.82) is 0 Å². The summed E-state index contributed by atoms with van der Waals surface area (Å²) >= 11 is 1.57. The molecule has 4 nitrogen and oxygen atoms in total. The topological polar surface area (TPSA) is 46.9 Å². The summed E-state index contributed by atoms with van der Waals surface area (Å²) in [5.41, 5.74) is 2.65. The molecule has 1 unspecified atom stereocenters. The Bertz CT molecular complexity index is 825. The van der Waals surface area contributed by atoms with E-state index in [0.29, 0.717) is 6.42 Å². The molecule has 0 aliphatic heterocycles. The molecule has 0 radical (unpaired) electrons. The molecular weight excluding hydrogens is 325 g/mol. The van der Waals surface area contributed by atoms with Crippen LogP contribution in [0.4, 0.5) is 4.39 Å². The van der Waals surface area contributed by atoms with Gasteiger partial charge in [-0.15, -0.1) is 11.3 Å². The number of amides is 1. The molecule has 1 N–H and O–H groups in total. The fourth-order valence-electron chi connectivity index (χ4n) is 2.63. The molecule has 2 heterocycles. The number of benzene rings is 1. The Morgan fingerprint density at radius 3 is 2.75 bits per heavy atom. The number of rotatable bonds is 5. The van der Waals surface area contributed by atoms with Crippen LogP contribution in [0.25, 0.3) is 5.69 Å². The molecule has 0 aliphatic carbocycles. The number of thiophene rings is 1. The van der Waals surface area contributed by atoms with Crippen LogP contribution in [0.3, 0.4) is 0 Å². The molecule has 0 saturated carbocycles. The van der Waals surface area contributed by atoms with Crippen LogP contribution < -0.4 is 5.32 Å². The van der Waals surface area contributed by atoms with Crippen molar-refractivity contribution in [3.63, 3.8) is 0 Å². The first-order chi connectivity index (χ1) is 11.5. The van der Waals surface area contributed by atoms with Gasteiger partial charge in [-0.2, -0.15) is 5.10 Å². The van der Waals surface area contributed by atoms with Gasteiger partial charge in [-0.25, -0.2) is 9.07 Å². The molecule has 0 fully saturated rings. The van der Waals surface area contributed by atoms with Crippen molar-refractivity contribution < 1.29 is 9.18 Å². The zero-order chi connectivity index (χ0) is 17.1. The molecule has 1 amide bonds. The molecule has 3 rings (SSSR count). The van der Waals surface area contributed by atoms with Gasteiger partial charge in [-0.1, -0.05) is 6.07 Å². The van der Waals surface area contributed by atoms with Crippen molar-refractivity contribution in [1.82, 2.24) is 15.1 Å². The van der Waals surface area contributed by atoms with E-state index >= 15 is 0 Å². The summed E-state index contributed by atoms with van der Waals surface area (Å²) in [6, 6.07) is 9.91. The maximum absolute atomic E-state index is 13.1. The Labute approximate surface area is 143 Å². The predicted octanol–water partition coefficient (Wildman–Crippen LogP) is 3.80. The smallest absolute Gasteiger partial charge is 0.225 e. The van der Waals surface area contributed by atoms with Crippen molar-refractivity contribution in [2.24, 2.45) is 0 Å². The number of carbonyl (C=O) groups is 1. The zero-order valence-corrected chi connectivity index (χ0v) is 14.3. The first kappa shape index (κ1) is 16.4. The summed E-state index contributed by atoms with van der Waals surface area (Å²) in [5.74, 6) is -0.295. The third-order valence-electron chi connectivity index (χ3n) is 3.88. The van der Waals surface area contributed by atoms with Crippen LogP contribution in [0.2, 0.25) is 0 Å². The van der Waals surface area contributed by atoms with E-state index in [1.807, 2.05) is 31.4 Å². The quantitative estimate of drug-likeness (QED) is 0.766. The molecule has 1 aromatic carbocycles. The highest BCUT2D eigenvalue weighted by Gasteiger charge is 2.16. The molecule has 0 aliphatic rings. The molecule has 24 heavy (non-hydrogen) atoms. The number of nitrogens with one attached hydrogen (secondary N) is 1. The van der Waals surface area contributed by atoms with E-state index in [2.05, 4.69) is 10.4 Å². The Kier molecular flexibility index (Phi) is 4.76. The minimum absolute atomic E-state index is 0.0149. The van der Waals surface area contributed by atoms with Gasteiger partial charge in [-0.05, 0) is 49.6 Å². The lowest BCUT2D eigenvalue weighted by atomic mass is 10.1. The average Bonchev–Trinajstić information content (AvgIpc) is 3.18. The van der Waals surface area contributed by atoms with E-state index in [1.165, 1.54) is 12.1 Å². The van der Waals surface area contributed by atoms with Crippen molar-refractivity contribution in [3.8, 4) is 5.69 Å². The first-order valence-corrected chi connectivity index (χ1v) is 8.55. The standard InChI is InChI=1S/C18H18FN3OS/c1-12(21-18(23)10-16-4-3-9-24-16)17-11-20-22(13(17)2)15-7-5-14(19)6-8-15/h3-9,11-12H,10H2,1-2H3,(H,21,23). The van der Waals surface area contributed by atoms with Crippen LogP contribution in [-0.4, -0.2) is 15.7 Å². The van der Waals surface area contributed by atoms with E-state index in [0.717, 1.165) is 21.8 Å². The number of halogens is 1. The van der Waals surface area contributed by atoms with Gasteiger partial charge in [-0.3, -0.25) is 4.79 Å². The number of nitrogens with zero attached hydrogens (tertiary/aromatic N) is 2. The third kappa shape index (κ3) is 3.54. The third-order valence-corrected chi connectivity index (χ3v) is 4.75. The minimum Gasteiger partial charge on any atom is -0.349 e. The van der Waals surface area contributed by atoms with Gasteiger partial charge < -0.3 is 5.32 Å². The van der Waals surface area contributed by atoms with Gasteiger partial charge in [0.15, 0.2) is 0 Å². The van der Waals surface area contributed by atoms with Crippen LogP contribution in [0.5, 0.6) is 0 Å². The first-order valence-electron chi connectivity index (χ1n) is 7.67. The monoisotopic (exact) mass is 343 g/mol. The van der Waals surface area contributed by atoms with Gasteiger partial charge >= 0.3 is 0 Å². The number of hydrogen-bond donors (Lipinski definition) is 1. The van der Waals surface area contributed by atoms with Crippen molar-refractivity contribution in [3.05, 3.63) is 69.9 Å². The van der Waals surface area contributed by atoms with E-state index in [4.69, 9.17) is 0 Å². The van der Waals surface area contributed by atoms with E-state index in [9.17, 15) is 9.18 Å². The molecule has 0 spiro atoms. The summed E-state index contributed by atoms with van der Waals surface area (Å²) in [4.78, 5) is 13.2. The number of carbonyl (C=O) groups excluding carboxylic acids is 1. The average molecular weight is 343 g/mol. The Morgan fingerprint density at radius 1 is 1.33 bits per heavy atom. The number of hydrogen-bond acceptors (Lipinski definition) is 3. The van der Waals surface area contributed by atoms with Crippen LogP contribution in [0, 0.1) is 12.7 Å². The van der Waals surface area contributed by atoms with Crippen LogP contribution in [-0.2, 0) is 11.2 Å². The molecule has 3 aromatic rings. The fourth-order valence-corrected chi connectivity index (χ4v) is 3.34. The molecule has 6 heteroatoms. The van der Waals surface area contributed by atoms with Crippen molar-refractivity contribution >= 4 is 17.2 Å². The largest absolute Gasteiger partial charge is 0.349 e. The van der Waals surface area contributed by atoms with Crippen molar-refractivity contribution in [2.45, 2.75) is 26.3 Å². The maximum Gasteiger partial charge on any atom is 0.225 e. The molecule has 124 valence electrons. The second-order valence-corrected chi connectivity index (χ2v) is 6.65. The van der Waals surface area contributed by atoms with E-state index in [1.54, 1.807) is 34.3 Å². The zero-order valence-electron chi connectivity index (χ0n) is 13.5. The molecule has 0 bridgehead atoms. The van der Waals surface area contributed by atoms with Gasteiger partial charge in [0.25, 0.3) is 0 Å². The highest BCUT2D eigenvalue weighted by molar-refractivity contribution is 7.10. The summed E-state index contributed by atoms with van der Waals surface area (Å²) < 4.78 is 14.8. The van der Waals surface area contributed by atoms with Gasteiger partial charge in [0, 0.05) is 16.1 Å². The Morgan fingerprint density at radius 2 is 2.08 bits per heavy atom. The molecule has 1 atom stereocenters. The van der Waals surface area contributed by atoms with Crippen LogP contribution in [0.15, 0.2) is 48.0 Å². The molecule has 2 aromatic heterocycles. The van der Waals surface area contributed by atoms with Gasteiger partial charge in [0.2, 0.25) is 5.91 Å². The normalized spacial score (nSPS) is 12.1. The van der Waals surface area contributed by atoms with Crippen LogP contribution in [0.1, 0.15) is 29.1 Å². The second-order valence-electron chi connectivity index (χ2n) is 5.62. The number of aromatic nitrogens is 2. The highest BCUT2D eigenvalue weighted by atomic mass is 32.1. The van der Waals surface area contributed by atoms with Gasteiger partial charge in [0.05, 0.1) is 24.3 Å². The van der Waals surface area contributed by atoms with Crippen LogP contribution >= 0.6 is 11.3 Å². The fraction of sp³-hybridized carbons (Fsp3) is 0.222. The molecule has 0 saturated heterocycles. The summed E-state index contributed by atoms with van der Waals surface area (Å²) in [6.07, 6.45) is 2.13. The Hall–Kier alpha value is -2.47. The molecular formula is C18H18FN3OS. The minimum atomic E-state index is -0.280. The van der Waals surface area contributed by atoms with Crippen molar-refractivity contribution in [2.75, 3.05) is 0 Å². The second kappa shape index (κ2) is 6.97. The lowest BCUT2D eigenvalue weighted by Crippen LogP contribution is -2.28. The Balaban J connectivity index is 1.72. The summed E-state index contributed by atoms with van der Waals surface area (Å²) in [6.45, 7) is 3.87. The lowest BCUT2D eigenvalue weighted by molar-refractivity contribution is -0.121. The predicted molar refractivity (Wildman–Crippen MR) is 92.8 cm³/mol. The lowest BCUT2D eigenvalue weighted by Gasteiger charge is -2.14. The highest BCUT2D eigenvalue weighted by Crippen LogP contribution is 2.20. The SMILES string of the molecule is Cc1c(C(C)NC(=O)Cc2cccs2)cnn1-c1ccc(F)cc1. The summed E-state index contributed by atoms with van der Waals surface area (Å²) in [5, 5.41) is 9.33.